The van der Waals surface area contributed by atoms with E-state index in [0.29, 0.717) is 98.3 Å². The number of fused-ring (bicyclic) bond motifs is 11. The second kappa shape index (κ2) is 42.8. The molecule has 9 saturated carbocycles. The van der Waals surface area contributed by atoms with Gasteiger partial charge in [0.15, 0.2) is 0 Å². The van der Waals surface area contributed by atoms with Crippen molar-refractivity contribution in [3.05, 3.63) is 0 Å². The second-order valence-electron chi connectivity index (χ2n) is 24.6. The molecule has 12 bridgehead atoms. The maximum Gasteiger partial charge on any atom is 0.312 e. The van der Waals surface area contributed by atoms with Gasteiger partial charge in [-0.05, 0) is 152 Å². The lowest BCUT2D eigenvalue weighted by Crippen LogP contribution is -2.36. The van der Waals surface area contributed by atoms with Crippen molar-refractivity contribution in [3.8, 4) is 0 Å². The Hall–Kier alpha value is -4.28. The van der Waals surface area contributed by atoms with Gasteiger partial charge in [-0.1, -0.05) is 124 Å². The molecule has 0 radical (unpaired) electrons. The van der Waals surface area contributed by atoms with Crippen LogP contribution in [-0.4, -0.2) is 111 Å². The van der Waals surface area contributed by atoms with Crippen molar-refractivity contribution in [2.75, 3.05) is 26.4 Å². The van der Waals surface area contributed by atoms with Crippen LogP contribution < -0.4 is 0 Å². The van der Waals surface area contributed by atoms with E-state index in [0.717, 1.165) is 108 Å². The van der Waals surface area contributed by atoms with E-state index in [1.807, 2.05) is 111 Å². The molecular weight excluding hydrogens is 1150 g/mol. The van der Waals surface area contributed by atoms with Crippen molar-refractivity contribution in [1.29, 1.82) is 0 Å². The molecule has 0 aromatic rings. The van der Waals surface area contributed by atoms with Crippen molar-refractivity contribution in [1.82, 2.24) is 0 Å². The van der Waals surface area contributed by atoms with Crippen molar-refractivity contribution >= 4 is 47.8 Å². The summed E-state index contributed by atoms with van der Waals surface area (Å²) >= 11 is 0. The number of ether oxygens (including phenoxy) is 9. The minimum Gasteiger partial charge on any atom is -0.466 e. The van der Waals surface area contributed by atoms with E-state index >= 15 is 0 Å². The Kier molecular flexibility index (Phi) is 38.1. The maximum atomic E-state index is 11.2. The molecule has 520 valence electrons. The molecule has 0 N–H and O–H groups in total. The van der Waals surface area contributed by atoms with Crippen LogP contribution in [0.2, 0.25) is 0 Å². The molecule has 0 aromatic carbocycles. The Morgan fingerprint density at radius 1 is 0.311 bits per heavy atom. The highest BCUT2D eigenvalue weighted by Gasteiger charge is 2.59. The molecule has 19 fully saturated rings. The van der Waals surface area contributed by atoms with E-state index < -0.39 is 0 Å². The van der Waals surface area contributed by atoms with Gasteiger partial charge in [0.25, 0.3) is 0 Å². The largest absolute Gasteiger partial charge is 0.466 e. The molecule has 19 aliphatic rings. The molecule has 17 heteroatoms. The van der Waals surface area contributed by atoms with E-state index in [9.17, 15) is 38.4 Å². The quantitative estimate of drug-likeness (QED) is 0.163. The summed E-state index contributed by atoms with van der Waals surface area (Å²) in [6.45, 7) is 34.7. The summed E-state index contributed by atoms with van der Waals surface area (Å²) in [5, 5.41) is 0. The van der Waals surface area contributed by atoms with Crippen LogP contribution >= 0.6 is 0 Å². The van der Waals surface area contributed by atoms with E-state index in [-0.39, 0.29) is 83.8 Å². The van der Waals surface area contributed by atoms with Crippen LogP contribution in [0, 0.1) is 82.9 Å². The summed E-state index contributed by atoms with van der Waals surface area (Å²) in [6.07, 6.45) is 29.0. The third-order valence-electron chi connectivity index (χ3n) is 20.1. The molecule has 0 amide bonds. The smallest absolute Gasteiger partial charge is 0.312 e. The van der Waals surface area contributed by atoms with Crippen molar-refractivity contribution in [2.24, 2.45) is 82.9 Å². The Labute approximate surface area is 543 Å². The Balaban J connectivity index is 0.000000261. The lowest BCUT2D eigenvalue weighted by Gasteiger charge is -2.38. The summed E-state index contributed by atoms with van der Waals surface area (Å²) in [4.78, 5) is 86.6. The predicted molar refractivity (Wildman–Crippen MR) is 347 cm³/mol. The fourth-order valence-electron chi connectivity index (χ4n) is 16.4. The maximum absolute atomic E-state index is 11.2. The molecule has 10 saturated heterocycles. The minimum atomic E-state index is -0.0463. The summed E-state index contributed by atoms with van der Waals surface area (Å²) in [5.74, 6) is 7.40. The number of hydrogen-bond donors (Lipinski definition) is 0. The molecule has 19 rings (SSSR count). The van der Waals surface area contributed by atoms with Gasteiger partial charge in [0.05, 0.1) is 68.0 Å². The summed E-state index contributed by atoms with van der Waals surface area (Å²) < 4.78 is 45.3. The molecule has 0 spiro atoms. The van der Waals surface area contributed by atoms with Gasteiger partial charge in [-0.2, -0.15) is 0 Å². The fourth-order valence-corrected chi connectivity index (χ4v) is 16.4. The highest BCUT2D eigenvalue weighted by molar-refractivity contribution is 5.78. The Morgan fingerprint density at radius 3 is 1.36 bits per heavy atom. The van der Waals surface area contributed by atoms with Crippen LogP contribution in [0.4, 0.5) is 0 Å². The standard InChI is InChI=1S/2C9H12O2.C8H10O2.C8H12O2.C7H8O3.C7H10O2.C5H8O2.C4H6O2.8C2H6/c10-9-8-6-2-1-5(3-6)7(8)4-11-9;10-9-7-3-5-1-2-6(7)8(4-5)11-9;9-8-6-2-4-1-5(6)7(3-4)10-8;9-8-7-4-2-1-3-6(7)5-10-8;8-7-4-1-3-2-5(10-7)6(4)9-3;8-7-5-2-1-3-6(4-5)9-7;6-5-3-1-2-4-7-5;5-4-2-1-3-6-4;8*1-2/h2*5-8H,1-4H2;4-7H,1-3H2;6-7H,1-5H2;3-6H,1-2H2;5-6H,1-4H2;1-4H2;1-3H2;8*1-2H3. The zero-order chi connectivity index (χ0) is 67.0. The topological polar surface area (TPSA) is 220 Å². The van der Waals surface area contributed by atoms with Crippen LogP contribution in [0.3, 0.4) is 0 Å². The Bertz CT molecular complexity index is 2060. The number of rotatable bonds is 0. The average Bonchev–Trinajstić information content (AvgIpc) is 1.66. The number of esters is 8. The SMILES string of the molecule is CC.CC.CC.CC.CC.CC.CC.CC.O=C1CCCCO1.O=C1CCCO1.O=C1OC2CC3CC1C2C3.O=C1OC2CC3CC1C2O3.O=C1OC2CC3CCC2C1C3.O=C1OC2CCCC1C2.O=C1OCC2C3CCC(C3)C12.O=C1OCC2CCCCC12. The zero-order valence-electron chi connectivity index (χ0n) is 59.0. The normalized spacial score (nSPS) is 37.3. The van der Waals surface area contributed by atoms with E-state index in [1.54, 1.807) is 0 Å². The number of carbonyl (C=O) groups is 8. The van der Waals surface area contributed by atoms with Crippen LogP contribution in [0.25, 0.3) is 0 Å². The number of cyclic esters (lactones) is 4. The molecule has 20 atom stereocenters. The molecular formula is C73H126O17. The first-order valence-corrected chi connectivity index (χ1v) is 37.0. The predicted octanol–water partition coefficient (Wildman–Crippen LogP) is 15.3. The van der Waals surface area contributed by atoms with Gasteiger partial charge in [0, 0.05) is 42.9 Å². The van der Waals surface area contributed by atoms with E-state index in [1.165, 1.54) is 64.2 Å². The first kappa shape index (κ1) is 80.0. The lowest BCUT2D eigenvalue weighted by molar-refractivity contribution is -0.147. The van der Waals surface area contributed by atoms with Gasteiger partial charge in [0.2, 0.25) is 0 Å². The minimum absolute atomic E-state index is 0.0324. The van der Waals surface area contributed by atoms with Crippen LogP contribution in [0.5, 0.6) is 0 Å². The first-order chi connectivity index (χ1) is 43.9. The van der Waals surface area contributed by atoms with Crippen molar-refractivity contribution < 1.29 is 81.0 Å². The number of hydrogen-bond acceptors (Lipinski definition) is 17. The third kappa shape index (κ3) is 21.4. The van der Waals surface area contributed by atoms with Crippen molar-refractivity contribution in [3.63, 3.8) is 0 Å². The van der Waals surface area contributed by atoms with Gasteiger partial charge >= 0.3 is 47.8 Å². The van der Waals surface area contributed by atoms with Crippen LogP contribution in [0.1, 0.15) is 271 Å². The fraction of sp³-hybridized carbons (Fsp3) is 0.890. The van der Waals surface area contributed by atoms with E-state index in [4.69, 9.17) is 33.2 Å². The third-order valence-corrected chi connectivity index (χ3v) is 20.1. The molecule has 10 aliphatic heterocycles. The highest BCUT2D eigenvalue weighted by atomic mass is 16.6. The molecule has 90 heavy (non-hydrogen) atoms. The van der Waals surface area contributed by atoms with Crippen molar-refractivity contribution in [2.45, 2.75) is 308 Å². The van der Waals surface area contributed by atoms with E-state index in [2.05, 4.69) is 9.47 Å². The molecule has 10 heterocycles. The highest BCUT2D eigenvalue weighted by Crippen LogP contribution is 2.56. The zero-order valence-corrected chi connectivity index (χ0v) is 59.0. The van der Waals surface area contributed by atoms with Crippen LogP contribution in [0.15, 0.2) is 0 Å². The second-order valence-corrected chi connectivity index (χ2v) is 24.6. The summed E-state index contributed by atoms with van der Waals surface area (Å²) in [6, 6.07) is 0. The van der Waals surface area contributed by atoms with Gasteiger partial charge < -0.3 is 42.6 Å². The van der Waals surface area contributed by atoms with Gasteiger partial charge in [-0.15, -0.1) is 0 Å². The molecule has 17 nitrogen and oxygen atoms in total. The monoisotopic (exact) mass is 1270 g/mol. The summed E-state index contributed by atoms with van der Waals surface area (Å²) in [7, 11) is 0. The van der Waals surface area contributed by atoms with Crippen LogP contribution in [-0.2, 0) is 81.0 Å². The summed E-state index contributed by atoms with van der Waals surface area (Å²) in [5.41, 5.74) is 0. The molecule has 0 aromatic heterocycles. The molecule has 20 unspecified atom stereocenters. The van der Waals surface area contributed by atoms with Gasteiger partial charge in [0.1, 0.15) is 30.5 Å². The van der Waals surface area contributed by atoms with Gasteiger partial charge in [-0.25, -0.2) is 0 Å². The molecule has 9 aliphatic carbocycles. The Morgan fingerprint density at radius 2 is 0.878 bits per heavy atom. The lowest BCUT2D eigenvalue weighted by atomic mass is 9.65. The average molecular weight is 1280 g/mol. The first-order valence-electron chi connectivity index (χ1n) is 37.0. The van der Waals surface area contributed by atoms with Gasteiger partial charge in [-0.3, -0.25) is 38.4 Å². The number of carbonyl (C=O) groups excluding carboxylic acids is 8.